The van der Waals surface area contributed by atoms with Gasteiger partial charge in [0.1, 0.15) is 6.04 Å². The molecule has 0 fully saturated rings. The van der Waals surface area contributed by atoms with Crippen molar-refractivity contribution in [3.63, 3.8) is 0 Å². The lowest BCUT2D eigenvalue weighted by Crippen LogP contribution is -2.30. The van der Waals surface area contributed by atoms with E-state index in [9.17, 15) is 0 Å². The Morgan fingerprint density at radius 2 is 2.50 bits per heavy atom. The predicted octanol–water partition coefficient (Wildman–Crippen LogP) is 0.282. The number of allylic oxidation sites excluding steroid dienone is 1. The van der Waals surface area contributed by atoms with Gasteiger partial charge < -0.3 is 5.32 Å². The van der Waals surface area contributed by atoms with E-state index in [0.29, 0.717) is 5.11 Å². The average Bonchev–Trinajstić information content (AvgIpc) is 2.27. The number of hydrogen-bond donors (Lipinski definition) is 1. The highest BCUT2D eigenvalue weighted by molar-refractivity contribution is 7.80. The third kappa shape index (κ3) is 0.769. The van der Waals surface area contributed by atoms with Crippen molar-refractivity contribution < 1.29 is 0 Å². The predicted molar refractivity (Wildman–Crippen MR) is 44.6 cm³/mol. The molecule has 0 saturated heterocycles. The van der Waals surface area contributed by atoms with Gasteiger partial charge in [-0.05, 0) is 18.3 Å². The summed E-state index contributed by atoms with van der Waals surface area (Å²) in [5.74, 6) is 0.771. The molecule has 0 spiro atoms. The molecule has 1 atom stereocenters. The van der Waals surface area contributed by atoms with E-state index in [2.05, 4.69) is 15.3 Å². The van der Waals surface area contributed by atoms with Crippen LogP contribution >= 0.6 is 12.2 Å². The molecule has 0 bridgehead atoms. The lowest BCUT2D eigenvalue weighted by Gasteiger charge is -2.06. The van der Waals surface area contributed by atoms with E-state index in [1.165, 1.54) is 0 Å². The summed E-state index contributed by atoms with van der Waals surface area (Å²) in [5, 5.41) is 3.51. The van der Waals surface area contributed by atoms with E-state index in [-0.39, 0.29) is 6.04 Å². The van der Waals surface area contributed by atoms with E-state index in [1.807, 2.05) is 12.2 Å². The van der Waals surface area contributed by atoms with Gasteiger partial charge in [-0.25, -0.2) is 9.98 Å². The topological polar surface area (TPSA) is 36.8 Å². The van der Waals surface area contributed by atoms with Crippen molar-refractivity contribution in [3.8, 4) is 0 Å². The molecule has 0 aromatic carbocycles. The first kappa shape index (κ1) is 5.73. The van der Waals surface area contributed by atoms with Gasteiger partial charge >= 0.3 is 0 Å². The summed E-state index contributed by atoms with van der Waals surface area (Å²) in [6, 6.07) is 0.123. The first-order chi connectivity index (χ1) is 4.86. The second kappa shape index (κ2) is 1.98. The van der Waals surface area contributed by atoms with Crippen molar-refractivity contribution in [1.82, 2.24) is 5.32 Å². The normalized spacial score (nSPS) is 27.8. The molecule has 2 heterocycles. The standard InChI is InChI=1S/C6H5N3S/c10-6-8-4-2-1-3-7-5(4)9-6/h1-4H,(H,8,10). The summed E-state index contributed by atoms with van der Waals surface area (Å²) < 4.78 is 0. The van der Waals surface area contributed by atoms with E-state index >= 15 is 0 Å². The van der Waals surface area contributed by atoms with Crippen molar-refractivity contribution in [3.05, 3.63) is 12.2 Å². The van der Waals surface area contributed by atoms with Crippen molar-refractivity contribution in [2.45, 2.75) is 6.04 Å². The maximum atomic E-state index is 4.83. The second-order valence-electron chi connectivity index (χ2n) is 2.06. The van der Waals surface area contributed by atoms with Crippen LogP contribution in [0.1, 0.15) is 0 Å². The Hall–Kier alpha value is -1.03. The van der Waals surface area contributed by atoms with Crippen LogP contribution in [0, 0.1) is 0 Å². The van der Waals surface area contributed by atoms with Crippen LogP contribution in [-0.2, 0) is 0 Å². The highest BCUT2D eigenvalue weighted by Gasteiger charge is 2.21. The summed E-state index contributed by atoms with van der Waals surface area (Å²) >= 11 is 4.83. The van der Waals surface area contributed by atoms with E-state index in [1.54, 1.807) is 6.21 Å². The maximum Gasteiger partial charge on any atom is 0.195 e. The molecule has 10 heavy (non-hydrogen) atoms. The molecule has 2 aliphatic heterocycles. The molecular weight excluding hydrogens is 146 g/mol. The van der Waals surface area contributed by atoms with Crippen molar-refractivity contribution in [2.75, 3.05) is 0 Å². The lowest BCUT2D eigenvalue weighted by molar-refractivity contribution is 0.955. The Labute approximate surface area is 63.6 Å². The van der Waals surface area contributed by atoms with Gasteiger partial charge in [0.25, 0.3) is 0 Å². The van der Waals surface area contributed by atoms with Crippen molar-refractivity contribution >= 4 is 29.4 Å². The Balaban J connectivity index is 2.37. The third-order valence-electron chi connectivity index (χ3n) is 1.37. The maximum absolute atomic E-state index is 4.83. The molecule has 0 aromatic rings. The molecular formula is C6H5N3S. The van der Waals surface area contributed by atoms with Gasteiger partial charge in [0.2, 0.25) is 0 Å². The van der Waals surface area contributed by atoms with Gasteiger partial charge in [-0.3, -0.25) is 0 Å². The molecule has 0 radical (unpaired) electrons. The van der Waals surface area contributed by atoms with Crippen LogP contribution in [-0.4, -0.2) is 23.2 Å². The largest absolute Gasteiger partial charge is 0.347 e. The van der Waals surface area contributed by atoms with Crippen LogP contribution in [0.4, 0.5) is 0 Å². The Bertz CT molecular complexity index is 264. The number of nitrogens with one attached hydrogen (secondary N) is 1. The number of rotatable bonds is 0. The van der Waals surface area contributed by atoms with Crippen LogP contribution in [0.2, 0.25) is 0 Å². The van der Waals surface area contributed by atoms with E-state index in [4.69, 9.17) is 12.2 Å². The molecule has 2 aliphatic rings. The highest BCUT2D eigenvalue weighted by Crippen LogP contribution is 2.05. The SMILES string of the molecule is S=C1N=C2N=CC=CC2N1. The average molecular weight is 151 g/mol. The number of fused-ring (bicyclic) bond motifs is 1. The summed E-state index contributed by atoms with van der Waals surface area (Å²) in [6.07, 6.45) is 5.57. The Kier molecular flexibility index (Phi) is 1.14. The minimum atomic E-state index is 0.123. The van der Waals surface area contributed by atoms with Gasteiger partial charge in [-0.2, -0.15) is 0 Å². The third-order valence-corrected chi connectivity index (χ3v) is 1.58. The molecule has 1 N–H and O–H groups in total. The first-order valence-electron chi connectivity index (χ1n) is 2.96. The number of amidine groups is 1. The number of dihydropyridines is 1. The second-order valence-corrected chi connectivity index (χ2v) is 2.45. The summed E-state index contributed by atoms with van der Waals surface area (Å²) in [5.41, 5.74) is 0. The van der Waals surface area contributed by atoms with Gasteiger partial charge in [0.15, 0.2) is 10.9 Å². The lowest BCUT2D eigenvalue weighted by atomic mass is 10.2. The number of hydrogen-bond acceptors (Lipinski definition) is 2. The fourth-order valence-electron chi connectivity index (χ4n) is 0.927. The van der Waals surface area contributed by atoms with Crippen LogP contribution in [0.25, 0.3) is 0 Å². The molecule has 4 heteroatoms. The van der Waals surface area contributed by atoms with Gasteiger partial charge in [-0.15, -0.1) is 0 Å². The zero-order chi connectivity index (χ0) is 6.97. The van der Waals surface area contributed by atoms with Crippen LogP contribution < -0.4 is 5.32 Å². The monoisotopic (exact) mass is 151 g/mol. The first-order valence-corrected chi connectivity index (χ1v) is 3.37. The van der Waals surface area contributed by atoms with Crippen LogP contribution in [0.5, 0.6) is 0 Å². The van der Waals surface area contributed by atoms with Gasteiger partial charge in [-0.1, -0.05) is 6.08 Å². The van der Waals surface area contributed by atoms with Gasteiger partial charge in [0, 0.05) is 6.21 Å². The van der Waals surface area contributed by atoms with E-state index in [0.717, 1.165) is 5.84 Å². The van der Waals surface area contributed by atoms with Crippen LogP contribution in [0.3, 0.4) is 0 Å². The Morgan fingerprint density at radius 1 is 1.60 bits per heavy atom. The van der Waals surface area contributed by atoms with Crippen molar-refractivity contribution in [2.24, 2.45) is 9.98 Å². The zero-order valence-corrected chi connectivity index (χ0v) is 5.93. The quantitative estimate of drug-likeness (QED) is 0.505. The Morgan fingerprint density at radius 3 is 3.30 bits per heavy atom. The molecule has 0 saturated carbocycles. The van der Waals surface area contributed by atoms with Crippen LogP contribution in [0.15, 0.2) is 22.1 Å². The number of nitrogens with zero attached hydrogens (tertiary/aromatic N) is 2. The molecule has 0 aromatic heterocycles. The smallest absolute Gasteiger partial charge is 0.195 e. The molecule has 1 unspecified atom stereocenters. The summed E-state index contributed by atoms with van der Waals surface area (Å²) in [7, 11) is 0. The van der Waals surface area contributed by atoms with Crippen molar-refractivity contribution in [1.29, 1.82) is 0 Å². The fourth-order valence-corrected chi connectivity index (χ4v) is 1.15. The number of thiocarbonyl (C=S) groups is 1. The molecule has 3 nitrogen and oxygen atoms in total. The summed E-state index contributed by atoms with van der Waals surface area (Å²) in [4.78, 5) is 8.03. The highest BCUT2D eigenvalue weighted by atomic mass is 32.1. The fraction of sp³-hybridized carbons (Fsp3) is 0.167. The minimum Gasteiger partial charge on any atom is -0.347 e. The minimum absolute atomic E-state index is 0.123. The molecule has 0 aliphatic carbocycles. The number of aliphatic imine (C=N–C) groups is 2. The van der Waals surface area contributed by atoms with Gasteiger partial charge in [0.05, 0.1) is 0 Å². The zero-order valence-electron chi connectivity index (χ0n) is 5.11. The molecule has 2 rings (SSSR count). The molecule has 50 valence electrons. The summed E-state index contributed by atoms with van der Waals surface area (Å²) in [6.45, 7) is 0. The van der Waals surface area contributed by atoms with E-state index < -0.39 is 0 Å². The molecule has 0 amide bonds.